The Morgan fingerprint density at radius 3 is 2.94 bits per heavy atom. The average Bonchev–Trinajstić information content (AvgIpc) is 2.69. The van der Waals surface area contributed by atoms with E-state index in [1.807, 2.05) is 24.3 Å². The smallest absolute Gasteiger partial charge is 0.253 e. The van der Waals surface area contributed by atoms with Gasteiger partial charge in [0.2, 0.25) is 0 Å². The van der Waals surface area contributed by atoms with Crippen molar-refractivity contribution < 1.29 is 4.79 Å². The second kappa shape index (κ2) is 4.53. The molecule has 1 aromatic heterocycles. The maximum Gasteiger partial charge on any atom is 0.253 e. The summed E-state index contributed by atoms with van der Waals surface area (Å²) < 4.78 is 0.751. The van der Waals surface area contributed by atoms with Gasteiger partial charge in [-0.3, -0.25) is 4.79 Å². The van der Waals surface area contributed by atoms with Gasteiger partial charge in [0.15, 0.2) is 0 Å². The van der Waals surface area contributed by atoms with Crippen LogP contribution in [0.3, 0.4) is 0 Å². The molecule has 0 saturated heterocycles. The normalized spacial score (nSPS) is 10.3. The van der Waals surface area contributed by atoms with Crippen molar-refractivity contribution >= 4 is 32.7 Å². The van der Waals surface area contributed by atoms with Gasteiger partial charge in [-0.2, -0.15) is 0 Å². The zero-order valence-corrected chi connectivity index (χ0v) is 10.2. The van der Waals surface area contributed by atoms with Gasteiger partial charge >= 0.3 is 0 Å². The predicted molar refractivity (Wildman–Crippen MR) is 68.7 cm³/mol. The van der Waals surface area contributed by atoms with Crippen LogP contribution in [0, 0.1) is 0 Å². The van der Waals surface area contributed by atoms with Crippen LogP contribution in [-0.4, -0.2) is 17.4 Å². The molecule has 0 atom stereocenters. The number of aromatic amines is 1. The molecule has 16 heavy (non-hydrogen) atoms. The number of rotatable bonds is 3. The van der Waals surface area contributed by atoms with Gasteiger partial charge in [-0.15, -0.1) is 0 Å². The van der Waals surface area contributed by atoms with Crippen LogP contribution >= 0.6 is 15.9 Å². The van der Waals surface area contributed by atoms with Gasteiger partial charge in [0.25, 0.3) is 5.91 Å². The number of hydrogen-bond acceptors (Lipinski definition) is 1. The Kier molecular flexibility index (Phi) is 3.10. The largest absolute Gasteiger partial charge is 0.360 e. The lowest BCUT2D eigenvalue weighted by Crippen LogP contribution is -2.24. The summed E-state index contributed by atoms with van der Waals surface area (Å²) in [5, 5.41) is 3.70. The molecule has 0 unspecified atom stereocenters. The standard InChI is InChI=1S/C12H11BrN2O/c1-8(13)6-15-12(16)10-7-14-11-5-3-2-4-9(10)11/h2-5,7,14H,1,6H2,(H,15,16). The Morgan fingerprint density at radius 1 is 1.44 bits per heavy atom. The molecule has 0 bridgehead atoms. The second-order valence-electron chi connectivity index (χ2n) is 3.45. The van der Waals surface area contributed by atoms with E-state index in [1.165, 1.54) is 0 Å². The maximum absolute atomic E-state index is 11.8. The highest BCUT2D eigenvalue weighted by Crippen LogP contribution is 2.17. The Labute approximate surface area is 102 Å². The first-order chi connectivity index (χ1) is 7.68. The Balaban J connectivity index is 2.26. The van der Waals surface area contributed by atoms with E-state index in [4.69, 9.17) is 0 Å². The van der Waals surface area contributed by atoms with Crippen LogP contribution in [0.5, 0.6) is 0 Å². The van der Waals surface area contributed by atoms with Gasteiger partial charge in [0.05, 0.1) is 5.56 Å². The SMILES string of the molecule is C=C(Br)CNC(=O)c1c[nH]c2ccccc12. The van der Waals surface area contributed by atoms with Gasteiger partial charge in [-0.25, -0.2) is 0 Å². The Hall–Kier alpha value is -1.55. The van der Waals surface area contributed by atoms with E-state index in [0.717, 1.165) is 15.4 Å². The number of carbonyl (C=O) groups excluding carboxylic acids is 1. The lowest BCUT2D eigenvalue weighted by atomic mass is 10.1. The summed E-state index contributed by atoms with van der Waals surface area (Å²) in [5.41, 5.74) is 1.62. The molecule has 2 rings (SSSR count). The number of aromatic nitrogens is 1. The third-order valence-electron chi connectivity index (χ3n) is 2.27. The third-order valence-corrected chi connectivity index (χ3v) is 2.55. The number of halogens is 1. The molecule has 0 aliphatic rings. The average molecular weight is 279 g/mol. The lowest BCUT2D eigenvalue weighted by molar-refractivity contribution is 0.0959. The highest BCUT2D eigenvalue weighted by atomic mass is 79.9. The fraction of sp³-hybridized carbons (Fsp3) is 0.0833. The monoisotopic (exact) mass is 278 g/mol. The van der Waals surface area contributed by atoms with E-state index in [2.05, 4.69) is 32.8 Å². The number of para-hydroxylation sites is 1. The highest BCUT2D eigenvalue weighted by molar-refractivity contribution is 9.11. The minimum absolute atomic E-state index is 0.0990. The number of amides is 1. The lowest BCUT2D eigenvalue weighted by Gasteiger charge is -2.02. The number of fused-ring (bicyclic) bond motifs is 1. The summed E-state index contributed by atoms with van der Waals surface area (Å²) in [4.78, 5) is 14.9. The van der Waals surface area contributed by atoms with Crippen molar-refractivity contribution in [3.63, 3.8) is 0 Å². The summed E-state index contributed by atoms with van der Waals surface area (Å²) in [7, 11) is 0. The number of hydrogen-bond donors (Lipinski definition) is 2. The van der Waals surface area contributed by atoms with Gasteiger partial charge in [0, 0.05) is 28.1 Å². The molecule has 82 valence electrons. The van der Waals surface area contributed by atoms with E-state index >= 15 is 0 Å². The van der Waals surface area contributed by atoms with Crippen molar-refractivity contribution in [2.45, 2.75) is 0 Å². The maximum atomic E-state index is 11.8. The topological polar surface area (TPSA) is 44.9 Å². The van der Waals surface area contributed by atoms with Crippen LogP contribution < -0.4 is 5.32 Å². The van der Waals surface area contributed by atoms with E-state index in [1.54, 1.807) is 6.20 Å². The van der Waals surface area contributed by atoms with Crippen LogP contribution in [-0.2, 0) is 0 Å². The molecule has 0 fully saturated rings. The van der Waals surface area contributed by atoms with E-state index < -0.39 is 0 Å². The number of carbonyl (C=O) groups is 1. The molecule has 0 aliphatic heterocycles. The predicted octanol–water partition coefficient (Wildman–Crippen LogP) is 2.81. The molecule has 2 aromatic rings. The number of H-pyrrole nitrogens is 1. The summed E-state index contributed by atoms with van der Waals surface area (Å²) in [6, 6.07) is 7.70. The first-order valence-electron chi connectivity index (χ1n) is 4.86. The fourth-order valence-electron chi connectivity index (χ4n) is 1.53. The van der Waals surface area contributed by atoms with Crippen LogP contribution in [0.25, 0.3) is 10.9 Å². The molecular weight excluding hydrogens is 268 g/mol. The summed E-state index contributed by atoms with van der Waals surface area (Å²) in [6.07, 6.45) is 1.72. The van der Waals surface area contributed by atoms with E-state index in [9.17, 15) is 4.79 Å². The Morgan fingerprint density at radius 2 is 2.19 bits per heavy atom. The van der Waals surface area contributed by atoms with Crippen LogP contribution in [0.4, 0.5) is 0 Å². The summed E-state index contributed by atoms with van der Waals surface area (Å²) in [5.74, 6) is -0.0990. The van der Waals surface area contributed by atoms with Crippen molar-refractivity contribution in [3.05, 3.63) is 47.1 Å². The molecule has 0 aliphatic carbocycles. The van der Waals surface area contributed by atoms with Gasteiger partial charge < -0.3 is 10.3 Å². The molecule has 0 saturated carbocycles. The number of nitrogens with one attached hydrogen (secondary N) is 2. The Bertz CT molecular complexity index is 545. The third kappa shape index (κ3) is 2.17. The zero-order chi connectivity index (χ0) is 11.5. The molecular formula is C12H11BrN2O. The molecule has 0 radical (unpaired) electrons. The highest BCUT2D eigenvalue weighted by Gasteiger charge is 2.10. The second-order valence-corrected chi connectivity index (χ2v) is 4.57. The minimum Gasteiger partial charge on any atom is -0.360 e. The molecule has 4 heteroatoms. The number of benzene rings is 1. The van der Waals surface area contributed by atoms with Crippen LogP contribution in [0.15, 0.2) is 41.5 Å². The van der Waals surface area contributed by atoms with Gasteiger partial charge in [-0.1, -0.05) is 40.7 Å². The van der Waals surface area contributed by atoms with Gasteiger partial charge in [-0.05, 0) is 6.07 Å². The van der Waals surface area contributed by atoms with Gasteiger partial charge in [0.1, 0.15) is 0 Å². The molecule has 2 N–H and O–H groups in total. The van der Waals surface area contributed by atoms with E-state index in [0.29, 0.717) is 12.1 Å². The van der Waals surface area contributed by atoms with Crippen molar-refractivity contribution in [2.75, 3.05) is 6.54 Å². The summed E-state index contributed by atoms with van der Waals surface area (Å²) >= 11 is 3.20. The van der Waals surface area contributed by atoms with E-state index in [-0.39, 0.29) is 5.91 Å². The fourth-order valence-corrected chi connectivity index (χ4v) is 1.67. The molecule has 0 spiro atoms. The zero-order valence-electron chi connectivity index (χ0n) is 8.59. The van der Waals surface area contributed by atoms with Crippen molar-refractivity contribution in [2.24, 2.45) is 0 Å². The van der Waals surface area contributed by atoms with Crippen molar-refractivity contribution in [1.29, 1.82) is 0 Å². The first-order valence-corrected chi connectivity index (χ1v) is 5.65. The molecule has 3 nitrogen and oxygen atoms in total. The quantitative estimate of drug-likeness (QED) is 0.891. The minimum atomic E-state index is -0.0990. The summed E-state index contributed by atoms with van der Waals surface area (Å²) in [6.45, 7) is 4.09. The van der Waals surface area contributed by atoms with Crippen molar-refractivity contribution in [3.8, 4) is 0 Å². The van der Waals surface area contributed by atoms with Crippen LogP contribution in [0.2, 0.25) is 0 Å². The first kappa shape index (κ1) is 11.0. The molecule has 1 heterocycles. The molecule has 1 aromatic carbocycles. The van der Waals surface area contributed by atoms with Crippen molar-refractivity contribution in [1.82, 2.24) is 10.3 Å². The molecule has 1 amide bonds. The van der Waals surface area contributed by atoms with Crippen LogP contribution in [0.1, 0.15) is 10.4 Å².